The van der Waals surface area contributed by atoms with Gasteiger partial charge in [0.25, 0.3) is 0 Å². The monoisotopic (exact) mass is 449 g/mol. The smallest absolute Gasteiger partial charge is 0.414 e. The Hall–Kier alpha value is -3.61. The van der Waals surface area contributed by atoms with Gasteiger partial charge >= 0.3 is 6.09 Å². The number of carbonyl (C=O) groups excluding carboxylic acids is 1. The molecule has 1 aliphatic heterocycles. The van der Waals surface area contributed by atoms with Crippen LogP contribution in [0.25, 0.3) is 0 Å². The second kappa shape index (κ2) is 10.3. The second-order valence-electron chi connectivity index (χ2n) is 8.15. The lowest BCUT2D eigenvalue weighted by Crippen LogP contribution is -2.38. The largest absolute Gasteiger partial charge is 0.487 e. The first kappa shape index (κ1) is 22.6. The van der Waals surface area contributed by atoms with Crippen molar-refractivity contribution in [1.29, 1.82) is 0 Å². The maximum Gasteiger partial charge on any atom is 0.414 e. The quantitative estimate of drug-likeness (QED) is 0.498. The van der Waals surface area contributed by atoms with E-state index in [1.54, 1.807) is 17.0 Å². The van der Waals surface area contributed by atoms with Crippen LogP contribution in [0.5, 0.6) is 5.75 Å². The van der Waals surface area contributed by atoms with Crippen LogP contribution >= 0.6 is 0 Å². The Morgan fingerprint density at radius 2 is 1.85 bits per heavy atom. The average molecular weight is 450 g/mol. The van der Waals surface area contributed by atoms with E-state index < -0.39 is 6.09 Å². The minimum absolute atomic E-state index is 0.0703. The van der Waals surface area contributed by atoms with E-state index in [2.05, 4.69) is 5.32 Å². The van der Waals surface area contributed by atoms with Crippen molar-refractivity contribution in [3.63, 3.8) is 0 Å². The topological polar surface area (TPSA) is 63.7 Å². The lowest BCUT2D eigenvalue weighted by molar-refractivity contribution is 0.0944. The number of aryl methyl sites for hydroxylation is 1. The van der Waals surface area contributed by atoms with Crippen LogP contribution in [0.2, 0.25) is 0 Å². The predicted octanol–water partition coefficient (Wildman–Crippen LogP) is 5.75. The number of nitrogens with zero attached hydrogens (tertiary/aromatic N) is 2. The highest BCUT2D eigenvalue weighted by Gasteiger charge is 2.26. The van der Waals surface area contributed by atoms with Crippen LogP contribution in [0.3, 0.4) is 0 Å². The van der Waals surface area contributed by atoms with E-state index in [0.717, 1.165) is 41.4 Å². The highest BCUT2D eigenvalue weighted by atomic mass is 19.1. The molecule has 2 atom stereocenters. The number of carbonyl (C=O) groups is 1. The van der Waals surface area contributed by atoms with E-state index in [1.807, 2.05) is 56.3 Å². The van der Waals surface area contributed by atoms with Crippen molar-refractivity contribution in [2.75, 3.05) is 23.4 Å². The van der Waals surface area contributed by atoms with Crippen molar-refractivity contribution in [2.45, 2.75) is 38.8 Å². The van der Waals surface area contributed by atoms with Crippen LogP contribution in [-0.2, 0) is 11.2 Å². The average Bonchev–Trinajstić information content (AvgIpc) is 2.84. The first-order chi connectivity index (χ1) is 16.0. The van der Waals surface area contributed by atoms with Gasteiger partial charge in [-0.2, -0.15) is 0 Å². The van der Waals surface area contributed by atoms with Crippen LogP contribution in [0.1, 0.15) is 37.7 Å². The van der Waals surface area contributed by atoms with Crippen LogP contribution in [0.4, 0.5) is 20.6 Å². The van der Waals surface area contributed by atoms with Crippen molar-refractivity contribution >= 4 is 17.5 Å². The molecule has 33 heavy (non-hydrogen) atoms. The molecule has 1 aliphatic rings. The summed E-state index contributed by atoms with van der Waals surface area (Å²) in [5.74, 6) is 0.470. The van der Waals surface area contributed by atoms with Gasteiger partial charge in [-0.1, -0.05) is 18.2 Å². The molecule has 0 aliphatic carbocycles. The van der Waals surface area contributed by atoms with Gasteiger partial charge in [-0.05, 0) is 75.2 Å². The summed E-state index contributed by atoms with van der Waals surface area (Å²) in [6.45, 7) is 4.61. The van der Waals surface area contributed by atoms with Crippen LogP contribution in [0, 0.1) is 5.82 Å². The molecule has 7 heteroatoms. The minimum atomic E-state index is -0.397. The second-order valence-corrected chi connectivity index (χ2v) is 8.15. The number of aromatic nitrogens is 1. The van der Waals surface area contributed by atoms with Gasteiger partial charge in [-0.25, -0.2) is 9.18 Å². The molecular formula is C26H28FN3O3. The Balaban J connectivity index is 1.37. The zero-order valence-corrected chi connectivity index (χ0v) is 18.8. The van der Waals surface area contributed by atoms with E-state index in [-0.39, 0.29) is 24.6 Å². The number of hydrogen-bond acceptors (Lipinski definition) is 5. The Bertz CT molecular complexity index is 1080. The molecule has 172 valence electrons. The van der Waals surface area contributed by atoms with E-state index in [0.29, 0.717) is 6.54 Å². The number of benzene rings is 2. The molecule has 0 bridgehead atoms. The molecule has 1 aromatic heterocycles. The molecule has 0 spiro atoms. The first-order valence-electron chi connectivity index (χ1n) is 11.2. The standard InChI is InChI=1S/C26H28FN3O3/c1-18(33-22-7-4-3-5-8-22)17-32-26(31)30-16-6-9-24-25(30)15-14-23(29-24)19(2)28-21-12-10-20(27)11-13-21/h3-5,7-8,10-15,18-19,28H,6,9,16-17H2,1-2H3. The van der Waals surface area contributed by atoms with E-state index in [1.165, 1.54) is 12.1 Å². The van der Waals surface area contributed by atoms with Gasteiger partial charge in [0.05, 0.1) is 23.1 Å². The van der Waals surface area contributed by atoms with Gasteiger partial charge in [0, 0.05) is 12.2 Å². The molecule has 4 rings (SSSR count). The fourth-order valence-electron chi connectivity index (χ4n) is 3.80. The number of rotatable bonds is 7. The summed E-state index contributed by atoms with van der Waals surface area (Å²) in [7, 11) is 0. The third kappa shape index (κ3) is 5.80. The number of para-hydroxylation sites is 1. The highest BCUT2D eigenvalue weighted by Crippen LogP contribution is 2.29. The predicted molar refractivity (Wildman–Crippen MR) is 126 cm³/mol. The maximum atomic E-state index is 13.1. The zero-order chi connectivity index (χ0) is 23.2. The highest BCUT2D eigenvalue weighted by molar-refractivity contribution is 5.88. The minimum Gasteiger partial charge on any atom is -0.487 e. The molecule has 1 amide bonds. The summed E-state index contributed by atoms with van der Waals surface area (Å²) in [5.41, 5.74) is 3.33. The molecule has 2 unspecified atom stereocenters. The summed E-state index contributed by atoms with van der Waals surface area (Å²) >= 11 is 0. The Morgan fingerprint density at radius 1 is 1.09 bits per heavy atom. The van der Waals surface area contributed by atoms with Crippen molar-refractivity contribution < 1.29 is 18.7 Å². The van der Waals surface area contributed by atoms with Gasteiger partial charge in [-0.3, -0.25) is 9.88 Å². The molecule has 0 radical (unpaired) electrons. The summed E-state index contributed by atoms with van der Waals surface area (Å²) in [6, 6.07) is 19.5. The van der Waals surface area contributed by atoms with Gasteiger partial charge < -0.3 is 14.8 Å². The molecule has 1 N–H and O–H groups in total. The van der Waals surface area contributed by atoms with Gasteiger partial charge in [0.1, 0.15) is 24.3 Å². The molecule has 6 nitrogen and oxygen atoms in total. The maximum absolute atomic E-state index is 13.1. The van der Waals surface area contributed by atoms with Gasteiger partial charge in [0.2, 0.25) is 0 Å². The summed E-state index contributed by atoms with van der Waals surface area (Å²) in [6.07, 6.45) is 0.948. The van der Waals surface area contributed by atoms with E-state index in [9.17, 15) is 9.18 Å². The van der Waals surface area contributed by atoms with Crippen molar-refractivity contribution in [1.82, 2.24) is 4.98 Å². The summed E-state index contributed by atoms with van der Waals surface area (Å²) in [5, 5.41) is 3.33. The number of nitrogens with one attached hydrogen (secondary N) is 1. The van der Waals surface area contributed by atoms with E-state index >= 15 is 0 Å². The van der Waals surface area contributed by atoms with Gasteiger partial charge in [0.15, 0.2) is 0 Å². The number of fused-ring (bicyclic) bond motifs is 1. The summed E-state index contributed by atoms with van der Waals surface area (Å²) in [4.78, 5) is 19.2. The number of hydrogen-bond donors (Lipinski definition) is 1. The zero-order valence-electron chi connectivity index (χ0n) is 18.8. The van der Waals surface area contributed by atoms with E-state index in [4.69, 9.17) is 14.5 Å². The molecule has 2 heterocycles. The Morgan fingerprint density at radius 3 is 2.61 bits per heavy atom. The molecule has 0 saturated heterocycles. The van der Waals surface area contributed by atoms with Crippen molar-refractivity contribution in [3.05, 3.63) is 83.9 Å². The fraction of sp³-hybridized carbons (Fsp3) is 0.308. The Labute approximate surface area is 193 Å². The van der Waals surface area contributed by atoms with Crippen LogP contribution in [-0.4, -0.2) is 30.3 Å². The van der Waals surface area contributed by atoms with Crippen molar-refractivity contribution in [2.24, 2.45) is 0 Å². The van der Waals surface area contributed by atoms with Gasteiger partial charge in [-0.15, -0.1) is 0 Å². The third-order valence-electron chi connectivity index (χ3n) is 5.47. The van der Waals surface area contributed by atoms with Crippen LogP contribution < -0.4 is 15.0 Å². The lowest BCUT2D eigenvalue weighted by Gasteiger charge is -2.29. The van der Waals surface area contributed by atoms with Crippen LogP contribution in [0.15, 0.2) is 66.7 Å². The number of halogens is 1. The number of anilines is 2. The SMILES string of the molecule is CC(COC(=O)N1CCCc2nc(C(C)Nc3ccc(F)cc3)ccc21)Oc1ccccc1. The number of amides is 1. The van der Waals surface area contributed by atoms with Crippen molar-refractivity contribution in [3.8, 4) is 5.75 Å². The lowest BCUT2D eigenvalue weighted by atomic mass is 10.1. The molecule has 2 aromatic carbocycles. The number of ether oxygens (including phenoxy) is 2. The molecular weight excluding hydrogens is 421 g/mol. The molecule has 0 saturated carbocycles. The Kier molecular flexibility index (Phi) is 7.07. The first-order valence-corrected chi connectivity index (χ1v) is 11.2. The third-order valence-corrected chi connectivity index (χ3v) is 5.47. The molecule has 3 aromatic rings. The molecule has 0 fully saturated rings. The normalized spacial score (nSPS) is 14.7. The fourth-order valence-corrected chi connectivity index (χ4v) is 3.80. The number of pyridine rings is 1. The summed E-state index contributed by atoms with van der Waals surface area (Å²) < 4.78 is 24.5.